The lowest BCUT2D eigenvalue weighted by molar-refractivity contribution is 0.0483. The highest BCUT2D eigenvalue weighted by molar-refractivity contribution is 7.12. The maximum Gasteiger partial charge on any atom is 0.349 e. The predicted molar refractivity (Wildman–Crippen MR) is 61.0 cm³/mol. The Labute approximate surface area is 98.2 Å². The van der Waals surface area contributed by atoms with E-state index in [1.165, 1.54) is 11.3 Å². The van der Waals surface area contributed by atoms with Crippen LogP contribution in [-0.2, 0) is 9.47 Å². The summed E-state index contributed by atoms with van der Waals surface area (Å²) in [6.07, 6.45) is 0. The van der Waals surface area contributed by atoms with E-state index in [1.54, 1.807) is 26.2 Å². The lowest BCUT2D eigenvalue weighted by atomic mass is 10.1. The normalized spacial score (nSPS) is 9.94. The molecule has 1 rings (SSSR count). The van der Waals surface area contributed by atoms with Gasteiger partial charge in [-0.2, -0.15) is 0 Å². The number of carbonyl (C=O) groups excluding carboxylic acids is 2. The highest BCUT2D eigenvalue weighted by Crippen LogP contribution is 2.23. The fraction of sp³-hybridized carbons (Fsp3) is 0.455. The van der Waals surface area contributed by atoms with Crippen molar-refractivity contribution in [1.29, 1.82) is 0 Å². The first-order valence-corrected chi connectivity index (χ1v) is 5.92. The molecule has 0 spiro atoms. The van der Waals surface area contributed by atoms with Gasteiger partial charge >= 0.3 is 11.9 Å². The second kappa shape index (κ2) is 5.65. The van der Waals surface area contributed by atoms with E-state index in [2.05, 4.69) is 0 Å². The van der Waals surface area contributed by atoms with Gasteiger partial charge in [0.05, 0.1) is 18.8 Å². The Bertz CT molecular complexity index is 395. The van der Waals surface area contributed by atoms with Crippen LogP contribution in [0.25, 0.3) is 0 Å². The molecule has 0 atom stereocenters. The third-order valence-electron chi connectivity index (χ3n) is 1.92. The van der Waals surface area contributed by atoms with Crippen LogP contribution < -0.4 is 0 Å². The summed E-state index contributed by atoms with van der Waals surface area (Å²) in [4.78, 5) is 23.5. The first kappa shape index (κ1) is 12.7. The van der Waals surface area contributed by atoms with Crippen molar-refractivity contribution in [1.82, 2.24) is 0 Å². The summed E-state index contributed by atoms with van der Waals surface area (Å²) in [5.41, 5.74) is 1.07. The topological polar surface area (TPSA) is 52.6 Å². The fourth-order valence-corrected chi connectivity index (χ4v) is 2.18. The van der Waals surface area contributed by atoms with Crippen LogP contribution in [0.4, 0.5) is 0 Å². The van der Waals surface area contributed by atoms with Crippen molar-refractivity contribution in [2.24, 2.45) is 0 Å². The Hall–Kier alpha value is -1.36. The van der Waals surface area contributed by atoms with Crippen molar-refractivity contribution >= 4 is 23.3 Å². The molecule has 1 aromatic rings. The second-order valence-corrected chi connectivity index (χ2v) is 3.94. The molecule has 0 saturated heterocycles. The number of aryl methyl sites for hydroxylation is 1. The molecule has 1 heterocycles. The molecule has 0 radical (unpaired) electrons. The minimum Gasteiger partial charge on any atom is -0.462 e. The monoisotopic (exact) mass is 242 g/mol. The Morgan fingerprint density at radius 2 is 1.75 bits per heavy atom. The molecule has 0 aliphatic rings. The number of rotatable bonds is 4. The SMILES string of the molecule is CCOC(=O)c1scc(C)c1C(=O)OCC. The van der Waals surface area contributed by atoms with Gasteiger partial charge in [-0.25, -0.2) is 9.59 Å². The Morgan fingerprint density at radius 1 is 1.19 bits per heavy atom. The van der Waals surface area contributed by atoms with Gasteiger partial charge in [0.1, 0.15) is 4.88 Å². The van der Waals surface area contributed by atoms with Crippen molar-refractivity contribution < 1.29 is 19.1 Å². The number of thiophene rings is 1. The Balaban J connectivity index is 3.02. The lowest BCUT2D eigenvalue weighted by Crippen LogP contribution is -2.12. The van der Waals surface area contributed by atoms with Crippen LogP contribution >= 0.6 is 11.3 Å². The molecule has 0 bridgehead atoms. The van der Waals surface area contributed by atoms with Gasteiger partial charge in [0.2, 0.25) is 0 Å². The predicted octanol–water partition coefficient (Wildman–Crippen LogP) is 2.41. The van der Waals surface area contributed by atoms with Gasteiger partial charge in [-0.3, -0.25) is 0 Å². The van der Waals surface area contributed by atoms with E-state index < -0.39 is 11.9 Å². The van der Waals surface area contributed by atoms with Crippen molar-refractivity contribution in [2.45, 2.75) is 20.8 Å². The molecule has 0 aliphatic carbocycles. The van der Waals surface area contributed by atoms with Crippen molar-refractivity contribution in [3.05, 3.63) is 21.4 Å². The first-order chi connectivity index (χ1) is 7.61. The third-order valence-corrected chi connectivity index (χ3v) is 2.99. The van der Waals surface area contributed by atoms with E-state index >= 15 is 0 Å². The third kappa shape index (κ3) is 2.61. The smallest absolute Gasteiger partial charge is 0.349 e. The van der Waals surface area contributed by atoms with E-state index in [9.17, 15) is 9.59 Å². The molecule has 0 unspecified atom stereocenters. The summed E-state index contributed by atoms with van der Waals surface area (Å²) in [5.74, 6) is -0.937. The molecule has 4 nitrogen and oxygen atoms in total. The van der Waals surface area contributed by atoms with Crippen molar-refractivity contribution in [3.63, 3.8) is 0 Å². The quantitative estimate of drug-likeness (QED) is 0.761. The number of ether oxygens (including phenoxy) is 2. The highest BCUT2D eigenvalue weighted by Gasteiger charge is 2.23. The Kier molecular flexibility index (Phi) is 4.49. The molecule has 16 heavy (non-hydrogen) atoms. The molecule has 0 fully saturated rings. The highest BCUT2D eigenvalue weighted by atomic mass is 32.1. The summed E-state index contributed by atoms with van der Waals surface area (Å²) < 4.78 is 9.77. The van der Waals surface area contributed by atoms with Gasteiger partial charge < -0.3 is 9.47 Å². The first-order valence-electron chi connectivity index (χ1n) is 5.04. The molecule has 0 amide bonds. The molecule has 1 aromatic heterocycles. The van der Waals surface area contributed by atoms with E-state index in [0.717, 1.165) is 5.56 Å². The second-order valence-electron chi connectivity index (χ2n) is 3.06. The van der Waals surface area contributed by atoms with Gasteiger partial charge in [0.25, 0.3) is 0 Å². The molecular formula is C11H14O4S. The zero-order valence-electron chi connectivity index (χ0n) is 9.53. The lowest BCUT2D eigenvalue weighted by Gasteiger charge is -2.04. The average Bonchev–Trinajstić information content (AvgIpc) is 2.61. The molecular weight excluding hydrogens is 228 g/mol. The van der Waals surface area contributed by atoms with Crippen molar-refractivity contribution in [3.8, 4) is 0 Å². The van der Waals surface area contributed by atoms with Crippen LogP contribution in [0.1, 0.15) is 39.4 Å². The van der Waals surface area contributed by atoms with Gasteiger partial charge in [-0.05, 0) is 31.7 Å². The van der Waals surface area contributed by atoms with Gasteiger partial charge in [-0.1, -0.05) is 0 Å². The largest absolute Gasteiger partial charge is 0.462 e. The zero-order chi connectivity index (χ0) is 12.1. The molecule has 0 N–H and O–H groups in total. The molecule has 0 aromatic carbocycles. The van der Waals surface area contributed by atoms with Crippen LogP contribution in [0.3, 0.4) is 0 Å². The van der Waals surface area contributed by atoms with Gasteiger partial charge in [-0.15, -0.1) is 11.3 Å². The summed E-state index contributed by atoms with van der Waals surface area (Å²) >= 11 is 1.20. The van der Waals surface area contributed by atoms with Crippen LogP contribution in [0, 0.1) is 6.92 Å². The van der Waals surface area contributed by atoms with Gasteiger partial charge in [0, 0.05) is 0 Å². The number of hydrogen-bond acceptors (Lipinski definition) is 5. The summed E-state index contributed by atoms with van der Waals surface area (Å²) in [5, 5.41) is 1.75. The molecule has 0 saturated carbocycles. The Morgan fingerprint density at radius 3 is 2.31 bits per heavy atom. The van der Waals surface area contributed by atoms with Crippen LogP contribution in [0.2, 0.25) is 0 Å². The molecule has 0 aliphatic heterocycles. The van der Waals surface area contributed by atoms with Crippen LogP contribution in [-0.4, -0.2) is 25.2 Å². The van der Waals surface area contributed by atoms with Crippen LogP contribution in [0.15, 0.2) is 5.38 Å². The number of esters is 2. The minimum atomic E-state index is -0.469. The summed E-state index contributed by atoms with van der Waals surface area (Å²) in [6, 6.07) is 0. The van der Waals surface area contributed by atoms with Crippen molar-refractivity contribution in [2.75, 3.05) is 13.2 Å². The van der Waals surface area contributed by atoms with Crippen LogP contribution in [0.5, 0.6) is 0 Å². The minimum absolute atomic E-state index is 0.288. The standard InChI is InChI=1S/C11H14O4S/c1-4-14-10(12)8-7(3)6-16-9(8)11(13)15-5-2/h6H,4-5H2,1-3H3. The van der Waals surface area contributed by atoms with E-state index in [0.29, 0.717) is 10.4 Å². The summed E-state index contributed by atoms with van der Waals surface area (Å²) in [6.45, 7) is 5.80. The van der Waals surface area contributed by atoms with Gasteiger partial charge in [0.15, 0.2) is 0 Å². The van der Waals surface area contributed by atoms with E-state index in [4.69, 9.17) is 9.47 Å². The number of hydrogen-bond donors (Lipinski definition) is 0. The van der Waals surface area contributed by atoms with E-state index in [-0.39, 0.29) is 13.2 Å². The molecule has 88 valence electrons. The van der Waals surface area contributed by atoms with E-state index in [1.807, 2.05) is 0 Å². The number of carbonyl (C=O) groups is 2. The zero-order valence-corrected chi connectivity index (χ0v) is 10.3. The maximum absolute atomic E-state index is 11.6. The fourth-order valence-electron chi connectivity index (χ4n) is 1.25. The maximum atomic E-state index is 11.6. The summed E-state index contributed by atoms with van der Waals surface area (Å²) in [7, 11) is 0. The average molecular weight is 242 g/mol. The molecule has 5 heteroatoms.